The molecule has 0 fully saturated rings. The van der Waals surface area contributed by atoms with Crippen LogP contribution in [0.15, 0.2) is 24.3 Å². The number of amides is 2. The first-order chi connectivity index (χ1) is 9.72. The summed E-state index contributed by atoms with van der Waals surface area (Å²) in [6.07, 6.45) is 1.29. The highest BCUT2D eigenvalue weighted by molar-refractivity contribution is 6.01. The Hall–Kier alpha value is -1.88. The van der Waals surface area contributed by atoms with Crippen LogP contribution in [0.1, 0.15) is 31.2 Å². The van der Waals surface area contributed by atoms with Crippen molar-refractivity contribution in [2.75, 3.05) is 25.0 Å². The van der Waals surface area contributed by atoms with E-state index in [1.807, 2.05) is 24.3 Å². The molecule has 0 radical (unpaired) electrons. The van der Waals surface area contributed by atoms with E-state index in [1.54, 1.807) is 0 Å². The molecule has 0 saturated heterocycles. The molecule has 1 aliphatic rings. The van der Waals surface area contributed by atoms with Gasteiger partial charge in [-0.05, 0) is 24.6 Å². The highest BCUT2D eigenvalue weighted by atomic mass is 16.2. The molecule has 108 valence electrons. The van der Waals surface area contributed by atoms with Gasteiger partial charge in [0.15, 0.2) is 0 Å². The molecule has 0 bridgehead atoms. The minimum atomic E-state index is -0.383. The van der Waals surface area contributed by atoms with Crippen molar-refractivity contribution in [3.63, 3.8) is 0 Å². The van der Waals surface area contributed by atoms with E-state index in [4.69, 9.17) is 0 Å². The molecule has 0 spiro atoms. The van der Waals surface area contributed by atoms with Crippen molar-refractivity contribution in [1.82, 2.24) is 10.6 Å². The van der Waals surface area contributed by atoms with Crippen molar-refractivity contribution < 1.29 is 9.59 Å². The summed E-state index contributed by atoms with van der Waals surface area (Å²) in [4.78, 5) is 23.9. The molecule has 1 aromatic carbocycles. The number of carbonyl (C=O) groups is 2. The van der Waals surface area contributed by atoms with Gasteiger partial charge < -0.3 is 16.0 Å². The topological polar surface area (TPSA) is 70.2 Å². The van der Waals surface area contributed by atoms with Crippen LogP contribution < -0.4 is 16.0 Å². The van der Waals surface area contributed by atoms with Crippen LogP contribution in [0, 0.1) is 0 Å². The molecule has 1 atom stereocenters. The van der Waals surface area contributed by atoms with Gasteiger partial charge in [0, 0.05) is 25.2 Å². The highest BCUT2D eigenvalue weighted by Crippen LogP contribution is 2.31. The molecule has 3 N–H and O–H groups in total. The van der Waals surface area contributed by atoms with Gasteiger partial charge in [0.05, 0.1) is 5.92 Å². The van der Waals surface area contributed by atoms with Gasteiger partial charge in [0.2, 0.25) is 11.8 Å². The molecule has 1 aliphatic heterocycles. The summed E-state index contributed by atoms with van der Waals surface area (Å²) in [5, 5.41) is 8.92. The average Bonchev–Trinajstić information content (AvgIpc) is 2.46. The predicted octanol–water partition coefficient (Wildman–Crippen LogP) is 1.23. The predicted molar refractivity (Wildman–Crippen MR) is 78.6 cm³/mol. The van der Waals surface area contributed by atoms with Gasteiger partial charge in [-0.1, -0.05) is 25.1 Å². The van der Waals surface area contributed by atoms with E-state index in [2.05, 4.69) is 22.9 Å². The van der Waals surface area contributed by atoms with E-state index < -0.39 is 0 Å². The first-order valence-corrected chi connectivity index (χ1v) is 7.09. The summed E-state index contributed by atoms with van der Waals surface area (Å²) in [6, 6.07) is 7.47. The van der Waals surface area contributed by atoms with Gasteiger partial charge in [-0.15, -0.1) is 0 Å². The van der Waals surface area contributed by atoms with Crippen molar-refractivity contribution in [2.45, 2.75) is 25.7 Å². The van der Waals surface area contributed by atoms with E-state index in [9.17, 15) is 9.59 Å². The van der Waals surface area contributed by atoms with Crippen molar-refractivity contribution in [3.8, 4) is 0 Å². The second kappa shape index (κ2) is 7.05. The molecule has 20 heavy (non-hydrogen) atoms. The van der Waals surface area contributed by atoms with Crippen LogP contribution in [0.4, 0.5) is 5.69 Å². The lowest BCUT2D eigenvalue weighted by molar-refractivity contribution is -0.126. The maximum Gasteiger partial charge on any atom is 0.228 e. The van der Waals surface area contributed by atoms with Crippen molar-refractivity contribution in [1.29, 1.82) is 0 Å². The molecule has 1 unspecified atom stereocenters. The number of hydrogen-bond acceptors (Lipinski definition) is 3. The normalized spacial score (nSPS) is 17.2. The molecule has 5 heteroatoms. The third-order valence-electron chi connectivity index (χ3n) is 3.34. The molecule has 1 aromatic rings. The van der Waals surface area contributed by atoms with Crippen LogP contribution in [0.5, 0.6) is 0 Å². The lowest BCUT2D eigenvalue weighted by atomic mass is 9.90. The number of fused-ring (bicyclic) bond motifs is 1. The zero-order valence-electron chi connectivity index (χ0n) is 11.7. The fraction of sp³-hybridized carbons (Fsp3) is 0.467. The monoisotopic (exact) mass is 275 g/mol. The number of para-hydroxylation sites is 1. The molecule has 0 aromatic heterocycles. The third kappa shape index (κ3) is 3.57. The fourth-order valence-corrected chi connectivity index (χ4v) is 2.34. The summed E-state index contributed by atoms with van der Waals surface area (Å²) < 4.78 is 0. The Balaban J connectivity index is 1.94. The van der Waals surface area contributed by atoms with Gasteiger partial charge in [-0.2, -0.15) is 0 Å². The number of hydrogen-bond donors (Lipinski definition) is 3. The largest absolute Gasteiger partial charge is 0.354 e. The number of carbonyl (C=O) groups excluding carboxylic acids is 2. The maximum atomic E-state index is 12.2. The molecule has 2 amide bonds. The molecule has 1 heterocycles. The second-order valence-corrected chi connectivity index (χ2v) is 4.93. The zero-order chi connectivity index (χ0) is 14.4. The molecule has 5 nitrogen and oxygen atoms in total. The molecule has 0 aliphatic carbocycles. The Labute approximate surface area is 119 Å². The van der Waals surface area contributed by atoms with Gasteiger partial charge >= 0.3 is 0 Å². The molecule has 0 saturated carbocycles. The summed E-state index contributed by atoms with van der Waals surface area (Å²) in [5.41, 5.74) is 1.64. The third-order valence-corrected chi connectivity index (χ3v) is 3.34. The Morgan fingerprint density at radius 3 is 2.90 bits per heavy atom. The number of benzene rings is 1. The SMILES string of the molecule is CCCNCCNC(=O)C1CC(=O)Nc2ccccc21. The molecular weight excluding hydrogens is 254 g/mol. The van der Waals surface area contributed by atoms with Crippen LogP contribution in [0.25, 0.3) is 0 Å². The second-order valence-electron chi connectivity index (χ2n) is 4.93. The van der Waals surface area contributed by atoms with Crippen LogP contribution >= 0.6 is 0 Å². The quantitative estimate of drug-likeness (QED) is 0.684. The van der Waals surface area contributed by atoms with Crippen LogP contribution in [-0.4, -0.2) is 31.4 Å². The van der Waals surface area contributed by atoms with Gasteiger partial charge in [0.25, 0.3) is 0 Å². The smallest absolute Gasteiger partial charge is 0.228 e. The number of anilines is 1. The van der Waals surface area contributed by atoms with Gasteiger partial charge in [0.1, 0.15) is 0 Å². The average molecular weight is 275 g/mol. The summed E-state index contributed by atoms with van der Waals surface area (Å²) >= 11 is 0. The van der Waals surface area contributed by atoms with Crippen molar-refractivity contribution >= 4 is 17.5 Å². The summed E-state index contributed by atoms with van der Waals surface area (Å²) in [7, 11) is 0. The first-order valence-electron chi connectivity index (χ1n) is 7.09. The van der Waals surface area contributed by atoms with E-state index >= 15 is 0 Å². The zero-order valence-corrected chi connectivity index (χ0v) is 11.7. The van der Waals surface area contributed by atoms with E-state index in [1.165, 1.54) is 0 Å². The Bertz CT molecular complexity index is 488. The van der Waals surface area contributed by atoms with Gasteiger partial charge in [-0.25, -0.2) is 0 Å². The van der Waals surface area contributed by atoms with E-state index in [-0.39, 0.29) is 24.2 Å². The van der Waals surface area contributed by atoms with Crippen LogP contribution in [0.2, 0.25) is 0 Å². The summed E-state index contributed by atoms with van der Waals surface area (Å²) in [6.45, 7) is 4.38. The van der Waals surface area contributed by atoms with Crippen LogP contribution in [-0.2, 0) is 9.59 Å². The van der Waals surface area contributed by atoms with E-state index in [0.29, 0.717) is 6.54 Å². The Morgan fingerprint density at radius 2 is 2.10 bits per heavy atom. The standard InChI is InChI=1S/C15H21N3O2/c1-2-7-16-8-9-17-15(20)12-10-14(19)18-13-6-4-3-5-11(12)13/h3-6,12,16H,2,7-10H2,1H3,(H,17,20)(H,18,19). The minimum Gasteiger partial charge on any atom is -0.354 e. The highest BCUT2D eigenvalue weighted by Gasteiger charge is 2.29. The fourth-order valence-electron chi connectivity index (χ4n) is 2.34. The molecule has 2 rings (SSSR count). The lowest BCUT2D eigenvalue weighted by Crippen LogP contribution is -2.38. The van der Waals surface area contributed by atoms with Crippen molar-refractivity contribution in [2.24, 2.45) is 0 Å². The number of nitrogens with one attached hydrogen (secondary N) is 3. The maximum absolute atomic E-state index is 12.2. The lowest BCUT2D eigenvalue weighted by Gasteiger charge is -2.24. The Morgan fingerprint density at radius 1 is 1.30 bits per heavy atom. The minimum absolute atomic E-state index is 0.0781. The van der Waals surface area contributed by atoms with Crippen molar-refractivity contribution in [3.05, 3.63) is 29.8 Å². The Kier molecular flexibility index (Phi) is 5.12. The van der Waals surface area contributed by atoms with E-state index in [0.717, 1.165) is 30.8 Å². The first kappa shape index (κ1) is 14.5. The van der Waals surface area contributed by atoms with Gasteiger partial charge in [-0.3, -0.25) is 9.59 Å². The van der Waals surface area contributed by atoms with Crippen LogP contribution in [0.3, 0.4) is 0 Å². The molecular formula is C15H21N3O2. The summed E-state index contributed by atoms with van der Waals surface area (Å²) in [5.74, 6) is -0.565. The number of rotatable bonds is 6.